The number of nitrogens with zero attached hydrogens (tertiary/aromatic N) is 1. The number of aliphatic imine (C=N–C) groups is 1. The molecule has 25 heavy (non-hydrogen) atoms. The number of carbonyl (C=O) groups is 1. The molecule has 2 aromatic rings. The molecule has 0 saturated carbocycles. The highest BCUT2D eigenvalue weighted by Crippen LogP contribution is 2.28. The summed E-state index contributed by atoms with van der Waals surface area (Å²) in [4.78, 5) is 16.2. The smallest absolute Gasteiger partial charge is 0.363 e. The van der Waals surface area contributed by atoms with Crippen molar-refractivity contribution in [3.63, 3.8) is 0 Å². The van der Waals surface area contributed by atoms with E-state index in [0.29, 0.717) is 15.6 Å². The van der Waals surface area contributed by atoms with Crippen molar-refractivity contribution in [1.82, 2.24) is 0 Å². The molecule has 3 rings (SSSR count). The zero-order chi connectivity index (χ0) is 17.8. The number of ether oxygens (including phenoxy) is 2. The summed E-state index contributed by atoms with van der Waals surface area (Å²) in [6.45, 7) is 0. The number of para-hydroxylation sites is 1. The number of methoxy groups -OCH3 is 1. The van der Waals surface area contributed by atoms with Gasteiger partial charge in [0, 0.05) is 5.56 Å². The molecule has 126 valence electrons. The van der Waals surface area contributed by atoms with Crippen LogP contribution in [0.3, 0.4) is 0 Å². The van der Waals surface area contributed by atoms with Crippen LogP contribution in [0.15, 0.2) is 65.3 Å². The molecule has 0 radical (unpaired) electrons. The van der Waals surface area contributed by atoms with Crippen molar-refractivity contribution in [3.8, 4) is 5.75 Å². The van der Waals surface area contributed by atoms with E-state index in [1.54, 1.807) is 37.5 Å². The molecule has 0 aromatic heterocycles. The van der Waals surface area contributed by atoms with Gasteiger partial charge in [-0.1, -0.05) is 59.6 Å². The Morgan fingerprint density at radius 3 is 2.72 bits per heavy atom. The van der Waals surface area contributed by atoms with Gasteiger partial charge in [0.05, 0.1) is 22.7 Å². The fourth-order valence-electron chi connectivity index (χ4n) is 2.25. The molecular weight excluding hydrogens is 361 g/mol. The van der Waals surface area contributed by atoms with Crippen molar-refractivity contribution >= 4 is 41.1 Å². The lowest BCUT2D eigenvalue weighted by Gasteiger charge is -2.03. The predicted octanol–water partition coefficient (Wildman–Crippen LogP) is 4.90. The van der Waals surface area contributed by atoms with Crippen molar-refractivity contribution in [1.29, 1.82) is 0 Å². The molecule has 0 N–H and O–H groups in total. The van der Waals surface area contributed by atoms with Crippen LogP contribution in [0.2, 0.25) is 10.0 Å². The molecule has 0 spiro atoms. The van der Waals surface area contributed by atoms with Crippen molar-refractivity contribution in [3.05, 3.63) is 81.5 Å². The highest BCUT2D eigenvalue weighted by molar-refractivity contribution is 6.44. The van der Waals surface area contributed by atoms with Crippen molar-refractivity contribution in [2.24, 2.45) is 4.99 Å². The standard InChI is InChI=1S/C19H13Cl2NO3/c1-24-16-11-3-2-6-12(16)7-4-10-15-19(23)25-18(22-15)13-8-5-9-14(20)17(13)21/h2-11H,1H3. The summed E-state index contributed by atoms with van der Waals surface area (Å²) in [6, 6.07) is 12.6. The largest absolute Gasteiger partial charge is 0.496 e. The van der Waals surface area contributed by atoms with E-state index in [2.05, 4.69) is 4.99 Å². The third kappa shape index (κ3) is 3.76. The van der Waals surface area contributed by atoms with Gasteiger partial charge in [0.15, 0.2) is 5.70 Å². The van der Waals surface area contributed by atoms with E-state index in [-0.39, 0.29) is 11.6 Å². The first-order chi connectivity index (χ1) is 12.1. The van der Waals surface area contributed by atoms with Gasteiger partial charge >= 0.3 is 5.97 Å². The van der Waals surface area contributed by atoms with Crippen LogP contribution in [0.25, 0.3) is 6.08 Å². The lowest BCUT2D eigenvalue weighted by molar-refractivity contribution is -0.130. The molecule has 1 aliphatic heterocycles. The number of carbonyl (C=O) groups excluding carboxylic acids is 1. The third-order valence-electron chi connectivity index (χ3n) is 3.47. The molecule has 0 amide bonds. The number of allylic oxidation sites excluding steroid dienone is 2. The zero-order valence-electron chi connectivity index (χ0n) is 13.2. The Kier molecular flexibility index (Phi) is 5.22. The second-order valence-corrected chi connectivity index (χ2v) is 5.85. The topological polar surface area (TPSA) is 47.9 Å². The molecule has 0 bridgehead atoms. The van der Waals surface area contributed by atoms with Gasteiger partial charge in [0.25, 0.3) is 0 Å². The molecule has 4 nitrogen and oxygen atoms in total. The number of halogens is 2. The van der Waals surface area contributed by atoms with Gasteiger partial charge < -0.3 is 9.47 Å². The van der Waals surface area contributed by atoms with Crippen LogP contribution in [-0.2, 0) is 9.53 Å². The number of rotatable bonds is 4. The van der Waals surface area contributed by atoms with E-state index in [9.17, 15) is 4.79 Å². The summed E-state index contributed by atoms with van der Waals surface area (Å²) in [5, 5.41) is 0.660. The minimum Gasteiger partial charge on any atom is -0.496 e. The maximum absolute atomic E-state index is 12.0. The number of hydrogen-bond donors (Lipinski definition) is 0. The number of esters is 1. The minimum atomic E-state index is -0.546. The molecule has 1 heterocycles. The van der Waals surface area contributed by atoms with Gasteiger partial charge in [-0.2, -0.15) is 0 Å². The van der Waals surface area contributed by atoms with Crippen LogP contribution in [0.4, 0.5) is 0 Å². The molecule has 1 aliphatic rings. The first-order valence-corrected chi connectivity index (χ1v) is 8.12. The fraction of sp³-hybridized carbons (Fsp3) is 0.0526. The highest BCUT2D eigenvalue weighted by atomic mass is 35.5. The number of cyclic esters (lactones) is 1. The summed E-state index contributed by atoms with van der Waals surface area (Å²) in [5.41, 5.74) is 1.53. The van der Waals surface area contributed by atoms with E-state index in [1.165, 1.54) is 0 Å². The van der Waals surface area contributed by atoms with Gasteiger partial charge in [-0.3, -0.25) is 0 Å². The van der Waals surface area contributed by atoms with Gasteiger partial charge in [0.1, 0.15) is 5.75 Å². The molecule has 0 fully saturated rings. The lowest BCUT2D eigenvalue weighted by atomic mass is 10.2. The Hall–Kier alpha value is -2.56. The van der Waals surface area contributed by atoms with E-state index in [0.717, 1.165) is 11.3 Å². The lowest BCUT2D eigenvalue weighted by Crippen LogP contribution is -2.06. The number of hydrogen-bond acceptors (Lipinski definition) is 4. The average molecular weight is 374 g/mol. The molecule has 0 aliphatic carbocycles. The quantitative estimate of drug-likeness (QED) is 0.565. The third-order valence-corrected chi connectivity index (χ3v) is 4.29. The van der Waals surface area contributed by atoms with Crippen molar-refractivity contribution in [2.45, 2.75) is 0 Å². The van der Waals surface area contributed by atoms with Crippen molar-refractivity contribution < 1.29 is 14.3 Å². The van der Waals surface area contributed by atoms with E-state index in [1.807, 2.05) is 30.3 Å². The predicted molar refractivity (Wildman–Crippen MR) is 99.2 cm³/mol. The number of benzene rings is 2. The Labute approximate surface area is 155 Å². The molecule has 0 saturated heterocycles. The van der Waals surface area contributed by atoms with Crippen LogP contribution in [0.5, 0.6) is 5.75 Å². The first-order valence-electron chi connectivity index (χ1n) is 7.37. The van der Waals surface area contributed by atoms with Gasteiger partial charge in [-0.25, -0.2) is 9.79 Å². The summed E-state index contributed by atoms with van der Waals surface area (Å²) >= 11 is 12.1. The van der Waals surface area contributed by atoms with Crippen LogP contribution >= 0.6 is 23.2 Å². The zero-order valence-corrected chi connectivity index (χ0v) is 14.7. The molecule has 0 atom stereocenters. The first kappa shape index (κ1) is 17.3. The monoisotopic (exact) mass is 373 g/mol. The Bertz CT molecular complexity index is 917. The summed E-state index contributed by atoms with van der Waals surface area (Å²) < 4.78 is 10.5. The van der Waals surface area contributed by atoms with Gasteiger partial charge in [-0.05, 0) is 24.3 Å². The molecule has 2 aromatic carbocycles. The second kappa shape index (κ2) is 7.55. The maximum Gasteiger partial charge on any atom is 0.363 e. The Morgan fingerprint density at radius 1 is 1.12 bits per heavy atom. The van der Waals surface area contributed by atoms with Gasteiger partial charge in [-0.15, -0.1) is 0 Å². The normalized spacial score (nSPS) is 15.6. The van der Waals surface area contributed by atoms with Crippen LogP contribution in [-0.4, -0.2) is 19.0 Å². The van der Waals surface area contributed by atoms with E-state index in [4.69, 9.17) is 32.7 Å². The SMILES string of the molecule is COc1ccccc1C=CC=C1N=C(c2cccc(Cl)c2Cl)OC1=O. The van der Waals surface area contributed by atoms with Crippen molar-refractivity contribution in [2.75, 3.05) is 7.11 Å². The van der Waals surface area contributed by atoms with Gasteiger partial charge in [0.2, 0.25) is 5.90 Å². The van der Waals surface area contributed by atoms with E-state index < -0.39 is 5.97 Å². The maximum atomic E-state index is 12.0. The fourth-order valence-corrected chi connectivity index (χ4v) is 2.64. The van der Waals surface area contributed by atoms with E-state index >= 15 is 0 Å². The summed E-state index contributed by atoms with van der Waals surface area (Å²) in [6.07, 6.45) is 5.10. The average Bonchev–Trinajstić information content (AvgIpc) is 2.98. The second-order valence-electron chi connectivity index (χ2n) is 5.06. The summed E-state index contributed by atoms with van der Waals surface area (Å²) in [7, 11) is 1.60. The molecule has 6 heteroatoms. The Balaban J connectivity index is 1.86. The minimum absolute atomic E-state index is 0.134. The summed E-state index contributed by atoms with van der Waals surface area (Å²) in [5.74, 6) is 0.325. The Morgan fingerprint density at radius 2 is 1.92 bits per heavy atom. The van der Waals surface area contributed by atoms with Crippen LogP contribution in [0.1, 0.15) is 11.1 Å². The molecule has 0 unspecified atom stereocenters. The van der Waals surface area contributed by atoms with Crippen LogP contribution < -0.4 is 4.74 Å². The molecular formula is C19H13Cl2NO3. The van der Waals surface area contributed by atoms with Crippen LogP contribution in [0, 0.1) is 0 Å². The highest BCUT2D eigenvalue weighted by Gasteiger charge is 2.25.